The van der Waals surface area contributed by atoms with Gasteiger partial charge in [-0.05, 0) is 61.7 Å². The molecule has 1 aromatic carbocycles. The van der Waals surface area contributed by atoms with Gasteiger partial charge in [-0.15, -0.1) is 0 Å². The summed E-state index contributed by atoms with van der Waals surface area (Å²) in [7, 11) is 0. The van der Waals surface area contributed by atoms with E-state index < -0.39 is 0 Å². The number of hydrogen-bond acceptors (Lipinski definition) is 5. The fourth-order valence-electron chi connectivity index (χ4n) is 3.64. The molecule has 0 amide bonds. The standard InChI is InChI=1S/C24H25FN6/c1-2-3-14-26-21-6-4-5-20-22(19-13-15-27-24(29-19)28-18-11-12-18)23(30-31(20)21)16-7-9-17(25)10-8-16/h4-10,13,15,18,26H,2-3,11-12,14H2,1H3,(H,27,28,29). The lowest BCUT2D eigenvalue weighted by Crippen LogP contribution is -2.06. The number of anilines is 2. The van der Waals surface area contributed by atoms with Gasteiger partial charge < -0.3 is 10.6 Å². The number of fused-ring (bicyclic) bond motifs is 1. The van der Waals surface area contributed by atoms with Gasteiger partial charge in [0.15, 0.2) is 0 Å². The number of rotatable bonds is 8. The van der Waals surface area contributed by atoms with E-state index in [1.807, 2.05) is 28.8 Å². The Kier molecular flexibility index (Phi) is 5.24. The van der Waals surface area contributed by atoms with Crippen molar-refractivity contribution in [3.63, 3.8) is 0 Å². The zero-order valence-corrected chi connectivity index (χ0v) is 17.5. The molecule has 0 saturated heterocycles. The second-order valence-corrected chi connectivity index (χ2v) is 7.90. The second-order valence-electron chi connectivity index (χ2n) is 7.90. The predicted octanol–water partition coefficient (Wildman–Crippen LogP) is 5.38. The molecular weight excluding hydrogens is 391 g/mol. The molecule has 7 heteroatoms. The molecule has 0 unspecified atom stereocenters. The van der Waals surface area contributed by atoms with Crippen LogP contribution in [0.1, 0.15) is 32.6 Å². The Morgan fingerprint density at radius 1 is 1.10 bits per heavy atom. The largest absolute Gasteiger partial charge is 0.370 e. The Labute approximate surface area is 180 Å². The van der Waals surface area contributed by atoms with Crippen molar-refractivity contribution in [3.05, 3.63) is 60.5 Å². The minimum absolute atomic E-state index is 0.269. The van der Waals surface area contributed by atoms with Gasteiger partial charge in [0.05, 0.1) is 16.8 Å². The zero-order valence-electron chi connectivity index (χ0n) is 17.5. The van der Waals surface area contributed by atoms with Crippen molar-refractivity contribution in [2.24, 2.45) is 0 Å². The Morgan fingerprint density at radius 3 is 2.71 bits per heavy atom. The number of benzene rings is 1. The van der Waals surface area contributed by atoms with Crippen LogP contribution in [0.2, 0.25) is 0 Å². The minimum Gasteiger partial charge on any atom is -0.370 e. The molecule has 1 aliphatic rings. The third kappa shape index (κ3) is 4.08. The molecule has 6 nitrogen and oxygen atoms in total. The molecule has 0 aliphatic heterocycles. The average molecular weight is 417 g/mol. The molecule has 1 fully saturated rings. The van der Waals surface area contributed by atoms with Crippen molar-refractivity contribution >= 4 is 17.3 Å². The van der Waals surface area contributed by atoms with Crippen LogP contribution in [-0.2, 0) is 0 Å². The summed E-state index contributed by atoms with van der Waals surface area (Å²) in [6.45, 7) is 3.04. The molecule has 4 aromatic rings. The summed E-state index contributed by atoms with van der Waals surface area (Å²) >= 11 is 0. The van der Waals surface area contributed by atoms with Crippen molar-refractivity contribution in [1.29, 1.82) is 0 Å². The van der Waals surface area contributed by atoms with Crippen LogP contribution in [0.4, 0.5) is 16.2 Å². The second kappa shape index (κ2) is 8.34. The van der Waals surface area contributed by atoms with E-state index in [0.717, 1.165) is 66.1 Å². The number of pyridine rings is 1. The van der Waals surface area contributed by atoms with Gasteiger partial charge >= 0.3 is 0 Å². The number of nitrogens with zero attached hydrogens (tertiary/aromatic N) is 4. The highest BCUT2D eigenvalue weighted by Gasteiger charge is 2.23. The molecule has 0 bridgehead atoms. The molecule has 5 rings (SSSR count). The van der Waals surface area contributed by atoms with Gasteiger partial charge in [-0.2, -0.15) is 5.10 Å². The molecule has 3 heterocycles. The third-order valence-corrected chi connectivity index (χ3v) is 5.43. The Hall–Kier alpha value is -3.48. The molecule has 31 heavy (non-hydrogen) atoms. The summed E-state index contributed by atoms with van der Waals surface area (Å²) in [5.41, 5.74) is 4.25. The van der Waals surface area contributed by atoms with E-state index in [4.69, 9.17) is 10.1 Å². The van der Waals surface area contributed by atoms with Crippen LogP contribution in [0, 0.1) is 5.82 Å². The molecule has 2 N–H and O–H groups in total. The number of aromatic nitrogens is 4. The van der Waals surface area contributed by atoms with Crippen LogP contribution < -0.4 is 10.6 Å². The summed E-state index contributed by atoms with van der Waals surface area (Å²) in [6.07, 6.45) is 6.27. The summed E-state index contributed by atoms with van der Waals surface area (Å²) in [6, 6.07) is 14.9. The quantitative estimate of drug-likeness (QED) is 0.377. The maximum atomic E-state index is 13.6. The first-order chi connectivity index (χ1) is 15.2. The first-order valence-corrected chi connectivity index (χ1v) is 10.8. The van der Waals surface area contributed by atoms with Crippen LogP contribution in [-0.4, -0.2) is 32.2 Å². The fraction of sp³-hybridized carbons (Fsp3) is 0.292. The van der Waals surface area contributed by atoms with Crippen molar-refractivity contribution < 1.29 is 4.39 Å². The summed E-state index contributed by atoms with van der Waals surface area (Å²) < 4.78 is 15.5. The molecule has 158 valence electrons. The highest BCUT2D eigenvalue weighted by Crippen LogP contribution is 2.36. The highest BCUT2D eigenvalue weighted by atomic mass is 19.1. The molecule has 3 aromatic heterocycles. The van der Waals surface area contributed by atoms with Crippen LogP contribution in [0.25, 0.3) is 28.0 Å². The van der Waals surface area contributed by atoms with Gasteiger partial charge in [0.25, 0.3) is 0 Å². The van der Waals surface area contributed by atoms with Gasteiger partial charge in [-0.1, -0.05) is 19.4 Å². The maximum Gasteiger partial charge on any atom is 0.223 e. The molecule has 0 atom stereocenters. The Balaban J connectivity index is 1.66. The first-order valence-electron chi connectivity index (χ1n) is 10.8. The first kappa shape index (κ1) is 19.5. The molecule has 0 radical (unpaired) electrons. The van der Waals surface area contributed by atoms with Gasteiger partial charge in [0, 0.05) is 24.3 Å². The van der Waals surface area contributed by atoms with Crippen LogP contribution in [0.5, 0.6) is 0 Å². The van der Waals surface area contributed by atoms with Gasteiger partial charge in [-0.3, -0.25) is 0 Å². The van der Waals surface area contributed by atoms with Crippen molar-refractivity contribution in [2.45, 2.75) is 38.6 Å². The lowest BCUT2D eigenvalue weighted by atomic mass is 10.0. The van der Waals surface area contributed by atoms with E-state index in [0.29, 0.717) is 12.0 Å². The van der Waals surface area contributed by atoms with E-state index >= 15 is 0 Å². The van der Waals surface area contributed by atoms with Crippen LogP contribution >= 0.6 is 0 Å². The van der Waals surface area contributed by atoms with Gasteiger partial charge in [-0.25, -0.2) is 18.9 Å². The smallest absolute Gasteiger partial charge is 0.223 e. The SMILES string of the molecule is CCCCNc1cccc2c(-c3ccnc(NC4CC4)n3)c(-c3ccc(F)cc3)nn12. The maximum absolute atomic E-state index is 13.6. The third-order valence-electron chi connectivity index (χ3n) is 5.43. The van der Waals surface area contributed by atoms with Crippen LogP contribution in [0.3, 0.4) is 0 Å². The topological polar surface area (TPSA) is 67.1 Å². The van der Waals surface area contributed by atoms with E-state index in [1.54, 1.807) is 18.3 Å². The van der Waals surface area contributed by atoms with Crippen LogP contribution in [0.15, 0.2) is 54.7 Å². The molecule has 0 spiro atoms. The van der Waals surface area contributed by atoms with E-state index in [1.165, 1.54) is 12.1 Å². The summed E-state index contributed by atoms with van der Waals surface area (Å²) in [5, 5.41) is 11.8. The lowest BCUT2D eigenvalue weighted by molar-refractivity contribution is 0.628. The predicted molar refractivity (Wildman–Crippen MR) is 122 cm³/mol. The number of hydrogen-bond donors (Lipinski definition) is 2. The molecule has 1 saturated carbocycles. The van der Waals surface area contributed by atoms with Gasteiger partial charge in [0.1, 0.15) is 17.3 Å². The van der Waals surface area contributed by atoms with E-state index in [2.05, 4.69) is 22.5 Å². The lowest BCUT2D eigenvalue weighted by Gasteiger charge is -2.08. The molecular formula is C24H25FN6. The number of halogens is 1. The summed E-state index contributed by atoms with van der Waals surface area (Å²) in [4.78, 5) is 9.16. The van der Waals surface area contributed by atoms with Crippen molar-refractivity contribution in [3.8, 4) is 22.5 Å². The van der Waals surface area contributed by atoms with Crippen molar-refractivity contribution in [2.75, 3.05) is 17.2 Å². The normalized spacial score (nSPS) is 13.5. The fourth-order valence-corrected chi connectivity index (χ4v) is 3.64. The average Bonchev–Trinajstić information content (AvgIpc) is 3.51. The number of nitrogens with one attached hydrogen (secondary N) is 2. The number of unbranched alkanes of at least 4 members (excludes halogenated alkanes) is 1. The Morgan fingerprint density at radius 2 is 1.94 bits per heavy atom. The monoisotopic (exact) mass is 416 g/mol. The Bertz CT molecular complexity index is 1200. The zero-order chi connectivity index (χ0) is 21.2. The minimum atomic E-state index is -0.269. The highest BCUT2D eigenvalue weighted by molar-refractivity contribution is 5.91. The van der Waals surface area contributed by atoms with Crippen molar-refractivity contribution in [1.82, 2.24) is 19.6 Å². The van der Waals surface area contributed by atoms with E-state index in [9.17, 15) is 4.39 Å². The molecule has 1 aliphatic carbocycles. The van der Waals surface area contributed by atoms with Gasteiger partial charge in [0.2, 0.25) is 5.95 Å². The van der Waals surface area contributed by atoms with E-state index in [-0.39, 0.29) is 5.82 Å². The summed E-state index contributed by atoms with van der Waals surface area (Å²) in [5.74, 6) is 1.28.